The van der Waals surface area contributed by atoms with Crippen LogP contribution >= 0.6 is 0 Å². The van der Waals surface area contributed by atoms with Crippen LogP contribution in [0.25, 0.3) is 17.1 Å². The molecule has 10 heteroatoms. The van der Waals surface area contributed by atoms with Crippen molar-refractivity contribution in [2.75, 3.05) is 33.0 Å². The Labute approximate surface area is 184 Å². The molecule has 1 aliphatic heterocycles. The van der Waals surface area contributed by atoms with Gasteiger partial charge in [-0.15, -0.1) is 0 Å². The van der Waals surface area contributed by atoms with Crippen molar-refractivity contribution >= 4 is 0 Å². The molecule has 1 fully saturated rings. The first-order valence-electron chi connectivity index (χ1n) is 10.3. The summed E-state index contributed by atoms with van der Waals surface area (Å²) in [7, 11) is 0. The largest absolute Gasteiger partial charge is 0.463 e. The number of imidazole rings is 1. The van der Waals surface area contributed by atoms with Gasteiger partial charge in [-0.1, -0.05) is 6.92 Å². The summed E-state index contributed by atoms with van der Waals surface area (Å²) < 4.78 is 32.4. The van der Waals surface area contributed by atoms with E-state index >= 15 is 0 Å². The Morgan fingerprint density at radius 1 is 1.16 bits per heavy atom. The fourth-order valence-corrected chi connectivity index (χ4v) is 3.15. The van der Waals surface area contributed by atoms with Crippen LogP contribution in [0.4, 0.5) is 4.39 Å². The topological polar surface area (TPSA) is 112 Å². The third-order valence-corrected chi connectivity index (χ3v) is 5.03. The van der Waals surface area contributed by atoms with Gasteiger partial charge in [-0.3, -0.25) is 4.57 Å². The summed E-state index contributed by atoms with van der Waals surface area (Å²) in [6, 6.07) is 7.87. The highest BCUT2D eigenvalue weighted by Gasteiger charge is 2.35. The fourth-order valence-electron chi connectivity index (χ4n) is 3.15. The number of rotatable bonds is 8. The zero-order valence-electron chi connectivity index (χ0n) is 17.6. The molecule has 1 saturated heterocycles. The van der Waals surface area contributed by atoms with Crippen LogP contribution in [0, 0.1) is 11.2 Å². The van der Waals surface area contributed by atoms with E-state index in [9.17, 15) is 9.50 Å². The van der Waals surface area contributed by atoms with Crippen LogP contribution in [0.2, 0.25) is 0 Å². The Kier molecular flexibility index (Phi) is 6.75. The van der Waals surface area contributed by atoms with Gasteiger partial charge in [-0.2, -0.15) is 4.98 Å². The minimum Gasteiger partial charge on any atom is -0.463 e. The third-order valence-electron chi connectivity index (χ3n) is 5.03. The molecular weight excluding hydrogens is 419 g/mol. The van der Waals surface area contributed by atoms with Gasteiger partial charge in [0, 0.05) is 42.5 Å². The molecule has 4 rings (SSSR count). The SMILES string of the molecule is CC1(CO)COC(c2nc(-c3ccc(F)cc3)cn2-c2ccnc(OCCCO)n2)OC1. The lowest BCUT2D eigenvalue weighted by Gasteiger charge is -2.35. The molecule has 0 unspecified atom stereocenters. The van der Waals surface area contributed by atoms with Crippen molar-refractivity contribution in [3.05, 3.63) is 54.4 Å². The lowest BCUT2D eigenvalue weighted by atomic mass is 9.94. The van der Waals surface area contributed by atoms with Gasteiger partial charge in [0.25, 0.3) is 0 Å². The second-order valence-corrected chi connectivity index (χ2v) is 7.91. The Bertz CT molecular complexity index is 1040. The molecule has 2 aromatic heterocycles. The standard InChI is InChI=1S/C22H25FN4O5/c1-22(12-29)13-31-20(32-14-22)19-25-17(15-3-5-16(23)6-4-15)11-27(19)18-7-8-24-21(26-18)30-10-2-9-28/h3-8,11,20,28-29H,2,9-10,12-14H2,1H3. The molecule has 0 bridgehead atoms. The number of hydrogen-bond acceptors (Lipinski definition) is 8. The highest BCUT2D eigenvalue weighted by atomic mass is 19.1. The van der Waals surface area contributed by atoms with Crippen molar-refractivity contribution in [1.29, 1.82) is 0 Å². The van der Waals surface area contributed by atoms with E-state index in [0.717, 1.165) is 5.56 Å². The summed E-state index contributed by atoms with van der Waals surface area (Å²) in [5.41, 5.74) is 0.816. The summed E-state index contributed by atoms with van der Waals surface area (Å²) >= 11 is 0. The van der Waals surface area contributed by atoms with Crippen molar-refractivity contribution < 1.29 is 28.8 Å². The van der Waals surface area contributed by atoms with E-state index in [1.807, 2.05) is 6.92 Å². The summed E-state index contributed by atoms with van der Waals surface area (Å²) in [6.07, 6.45) is 3.00. The number of aliphatic hydroxyl groups excluding tert-OH is 2. The average molecular weight is 444 g/mol. The lowest BCUT2D eigenvalue weighted by Crippen LogP contribution is -2.39. The Morgan fingerprint density at radius 3 is 2.59 bits per heavy atom. The Morgan fingerprint density at radius 2 is 1.91 bits per heavy atom. The normalized spacial score (nSPS) is 20.9. The van der Waals surface area contributed by atoms with Crippen molar-refractivity contribution in [2.24, 2.45) is 5.41 Å². The first kappa shape index (κ1) is 22.3. The average Bonchev–Trinajstić information content (AvgIpc) is 3.26. The van der Waals surface area contributed by atoms with Crippen molar-refractivity contribution in [3.63, 3.8) is 0 Å². The number of ether oxygens (including phenoxy) is 3. The van der Waals surface area contributed by atoms with Crippen molar-refractivity contribution in [1.82, 2.24) is 19.5 Å². The molecule has 1 aromatic carbocycles. The number of halogens is 1. The molecule has 0 atom stereocenters. The van der Waals surface area contributed by atoms with Gasteiger partial charge in [-0.05, 0) is 24.3 Å². The van der Waals surface area contributed by atoms with Gasteiger partial charge in [0.15, 0.2) is 5.82 Å². The van der Waals surface area contributed by atoms with E-state index in [0.29, 0.717) is 37.0 Å². The van der Waals surface area contributed by atoms with E-state index in [-0.39, 0.29) is 31.6 Å². The minimum absolute atomic E-state index is 0.00943. The van der Waals surface area contributed by atoms with E-state index in [4.69, 9.17) is 19.3 Å². The first-order chi connectivity index (χ1) is 15.5. The van der Waals surface area contributed by atoms with Crippen LogP contribution in [-0.4, -0.2) is 62.8 Å². The zero-order chi connectivity index (χ0) is 22.6. The van der Waals surface area contributed by atoms with Gasteiger partial charge < -0.3 is 24.4 Å². The molecule has 0 saturated carbocycles. The first-order valence-corrected chi connectivity index (χ1v) is 10.3. The van der Waals surface area contributed by atoms with Gasteiger partial charge in [0.05, 0.1) is 32.1 Å². The van der Waals surface area contributed by atoms with E-state index in [1.54, 1.807) is 35.2 Å². The van der Waals surface area contributed by atoms with Gasteiger partial charge in [0.1, 0.15) is 11.6 Å². The van der Waals surface area contributed by atoms with E-state index in [2.05, 4.69) is 15.0 Å². The molecule has 3 aromatic rings. The summed E-state index contributed by atoms with van der Waals surface area (Å²) in [4.78, 5) is 13.2. The maximum absolute atomic E-state index is 13.4. The molecule has 0 spiro atoms. The fraction of sp³-hybridized carbons (Fsp3) is 0.409. The predicted octanol–water partition coefficient (Wildman–Crippen LogP) is 2.27. The minimum atomic E-state index is -0.780. The molecule has 0 aliphatic carbocycles. The van der Waals surface area contributed by atoms with Crippen LogP contribution in [0.1, 0.15) is 25.5 Å². The molecule has 0 radical (unpaired) electrons. The number of aliphatic hydroxyl groups is 2. The zero-order valence-corrected chi connectivity index (χ0v) is 17.6. The van der Waals surface area contributed by atoms with Gasteiger partial charge in [-0.25, -0.2) is 14.4 Å². The van der Waals surface area contributed by atoms with Crippen molar-refractivity contribution in [2.45, 2.75) is 19.6 Å². The smallest absolute Gasteiger partial charge is 0.318 e. The quantitative estimate of drug-likeness (QED) is 0.509. The summed E-state index contributed by atoms with van der Waals surface area (Å²) in [6.45, 7) is 2.70. The molecule has 32 heavy (non-hydrogen) atoms. The molecule has 170 valence electrons. The van der Waals surface area contributed by atoms with Crippen LogP contribution in [0.3, 0.4) is 0 Å². The Balaban J connectivity index is 1.69. The van der Waals surface area contributed by atoms with Crippen LogP contribution < -0.4 is 4.74 Å². The number of benzene rings is 1. The second kappa shape index (κ2) is 9.70. The molecule has 3 heterocycles. The highest BCUT2D eigenvalue weighted by molar-refractivity contribution is 5.59. The predicted molar refractivity (Wildman–Crippen MR) is 112 cm³/mol. The van der Waals surface area contributed by atoms with E-state index < -0.39 is 11.7 Å². The van der Waals surface area contributed by atoms with E-state index in [1.165, 1.54) is 12.1 Å². The number of nitrogens with zero attached hydrogens (tertiary/aromatic N) is 4. The second-order valence-electron chi connectivity index (χ2n) is 7.91. The third kappa shape index (κ3) is 4.94. The molecule has 1 aliphatic rings. The lowest BCUT2D eigenvalue weighted by molar-refractivity contribution is -0.240. The van der Waals surface area contributed by atoms with Crippen LogP contribution in [0.5, 0.6) is 6.01 Å². The summed E-state index contributed by atoms with van der Waals surface area (Å²) in [5, 5.41) is 18.5. The molecular formula is C22H25FN4O5. The number of hydrogen-bond donors (Lipinski definition) is 2. The molecule has 9 nitrogen and oxygen atoms in total. The van der Waals surface area contributed by atoms with Gasteiger partial charge in [0.2, 0.25) is 6.29 Å². The monoisotopic (exact) mass is 444 g/mol. The number of aromatic nitrogens is 4. The van der Waals surface area contributed by atoms with Gasteiger partial charge >= 0.3 is 6.01 Å². The maximum atomic E-state index is 13.4. The highest BCUT2D eigenvalue weighted by Crippen LogP contribution is 2.33. The molecule has 0 amide bonds. The summed E-state index contributed by atoms with van der Waals surface area (Å²) in [5.74, 6) is 0.595. The van der Waals surface area contributed by atoms with Crippen LogP contribution in [-0.2, 0) is 9.47 Å². The van der Waals surface area contributed by atoms with Crippen LogP contribution in [0.15, 0.2) is 42.7 Å². The maximum Gasteiger partial charge on any atom is 0.318 e. The molecule has 2 N–H and O–H groups in total. The van der Waals surface area contributed by atoms with Crippen molar-refractivity contribution in [3.8, 4) is 23.1 Å². The Hall–Kier alpha value is -2.92.